The molecule has 0 aliphatic carbocycles. The molecular formula is C11H22BFO4. The maximum Gasteiger partial charge on any atom is 0.261 e. The fourth-order valence-electron chi connectivity index (χ4n) is 1.82. The third kappa shape index (κ3) is 3.65. The quantitative estimate of drug-likeness (QED) is 0.707. The second-order valence-corrected chi connectivity index (χ2v) is 5.06. The molecule has 1 aliphatic heterocycles. The second-order valence-electron chi connectivity index (χ2n) is 5.06. The van der Waals surface area contributed by atoms with Gasteiger partial charge in [-0.15, -0.1) is 0 Å². The first-order chi connectivity index (χ1) is 7.76. The number of hydrogen-bond donors (Lipinski definition) is 1. The summed E-state index contributed by atoms with van der Waals surface area (Å²) < 4.78 is 30.4. The van der Waals surface area contributed by atoms with E-state index in [1.807, 2.05) is 13.8 Å². The van der Waals surface area contributed by atoms with Crippen LogP contribution < -0.4 is 0 Å². The average Bonchev–Trinajstić information content (AvgIpc) is 2.40. The van der Waals surface area contributed by atoms with Gasteiger partial charge in [-0.2, -0.15) is 0 Å². The highest BCUT2D eigenvalue weighted by Crippen LogP contribution is 2.35. The Morgan fingerprint density at radius 3 is 2.41 bits per heavy atom. The molecule has 4 atom stereocenters. The van der Waals surface area contributed by atoms with Crippen LogP contribution in [0.2, 0.25) is 0 Å². The van der Waals surface area contributed by atoms with Gasteiger partial charge >= 0.3 is 0 Å². The molecule has 17 heavy (non-hydrogen) atoms. The van der Waals surface area contributed by atoms with Crippen LogP contribution in [0.3, 0.4) is 0 Å². The van der Waals surface area contributed by atoms with Gasteiger partial charge in [0.25, 0.3) is 5.85 Å². The monoisotopic (exact) mass is 248 g/mol. The number of alkyl halides is 1. The fraction of sp³-hybridized carbons (Fsp3) is 1.00. The Morgan fingerprint density at radius 2 is 1.94 bits per heavy atom. The van der Waals surface area contributed by atoms with E-state index in [2.05, 4.69) is 0 Å². The summed E-state index contributed by atoms with van der Waals surface area (Å²) in [6.07, 6.45) is -2.26. The Balaban J connectivity index is 2.72. The molecule has 6 heteroatoms. The van der Waals surface area contributed by atoms with Crippen molar-refractivity contribution >= 4 is 7.85 Å². The van der Waals surface area contributed by atoms with E-state index < -0.39 is 24.1 Å². The summed E-state index contributed by atoms with van der Waals surface area (Å²) >= 11 is 0. The Kier molecular flexibility index (Phi) is 4.95. The Morgan fingerprint density at radius 1 is 1.35 bits per heavy atom. The lowest BCUT2D eigenvalue weighted by molar-refractivity contribution is -0.221. The van der Waals surface area contributed by atoms with Gasteiger partial charge in [0, 0.05) is 0 Å². The number of rotatable bonds is 5. The summed E-state index contributed by atoms with van der Waals surface area (Å²) in [5, 5.41) is 9.86. The molecule has 0 aromatic carbocycles. The highest BCUT2D eigenvalue weighted by atomic mass is 19.2. The molecule has 4 nitrogen and oxygen atoms in total. The molecule has 0 radical (unpaired) electrons. The van der Waals surface area contributed by atoms with Crippen LogP contribution in [-0.4, -0.2) is 55.8 Å². The van der Waals surface area contributed by atoms with Crippen LogP contribution in [0.5, 0.6) is 0 Å². The SMILES string of the molecule is B[C@@H]1OC(F)(COC(C)C)C(OC(C)C)C1O. The Hall–Kier alpha value is -0.165. The van der Waals surface area contributed by atoms with Crippen LogP contribution in [0.1, 0.15) is 27.7 Å². The number of halogens is 1. The molecule has 1 fully saturated rings. The molecule has 1 aliphatic rings. The summed E-state index contributed by atoms with van der Waals surface area (Å²) in [4.78, 5) is 0. The first-order valence-corrected chi connectivity index (χ1v) is 6.08. The molecule has 1 N–H and O–H groups in total. The van der Waals surface area contributed by atoms with E-state index in [1.165, 1.54) is 0 Å². The van der Waals surface area contributed by atoms with Gasteiger partial charge in [-0.3, -0.25) is 0 Å². The summed E-state index contributed by atoms with van der Waals surface area (Å²) in [6.45, 7) is 6.98. The molecule has 3 unspecified atom stereocenters. The van der Waals surface area contributed by atoms with Crippen molar-refractivity contribution in [2.45, 2.75) is 64.0 Å². The maximum atomic E-state index is 14.6. The highest BCUT2D eigenvalue weighted by molar-refractivity contribution is 6.11. The topological polar surface area (TPSA) is 47.9 Å². The van der Waals surface area contributed by atoms with Gasteiger partial charge in [-0.25, -0.2) is 4.39 Å². The highest BCUT2D eigenvalue weighted by Gasteiger charge is 2.55. The normalized spacial score (nSPS) is 38.2. The maximum absolute atomic E-state index is 14.6. The number of ether oxygens (including phenoxy) is 3. The Labute approximate surface area is 103 Å². The van der Waals surface area contributed by atoms with Crippen molar-refractivity contribution in [2.75, 3.05) is 6.61 Å². The number of aliphatic hydroxyl groups is 1. The van der Waals surface area contributed by atoms with Crippen molar-refractivity contribution in [3.63, 3.8) is 0 Å². The first kappa shape index (κ1) is 14.9. The molecule has 1 saturated heterocycles. The number of hydrogen-bond acceptors (Lipinski definition) is 4. The largest absolute Gasteiger partial charge is 0.388 e. The lowest BCUT2D eigenvalue weighted by atomic mass is 9.92. The zero-order valence-electron chi connectivity index (χ0n) is 11.1. The van der Waals surface area contributed by atoms with Crippen LogP contribution in [0, 0.1) is 0 Å². The molecular weight excluding hydrogens is 226 g/mol. The van der Waals surface area contributed by atoms with E-state index in [1.54, 1.807) is 21.7 Å². The molecule has 0 spiro atoms. The van der Waals surface area contributed by atoms with E-state index >= 15 is 0 Å². The predicted molar refractivity (Wildman–Crippen MR) is 64.4 cm³/mol. The summed E-state index contributed by atoms with van der Waals surface area (Å²) in [6, 6.07) is -0.598. The summed E-state index contributed by atoms with van der Waals surface area (Å²) in [7, 11) is 1.62. The van der Waals surface area contributed by atoms with E-state index in [-0.39, 0.29) is 18.8 Å². The molecule has 0 aromatic rings. The van der Waals surface area contributed by atoms with Crippen LogP contribution >= 0.6 is 0 Å². The van der Waals surface area contributed by atoms with Gasteiger partial charge in [-0.05, 0) is 27.7 Å². The van der Waals surface area contributed by atoms with E-state index in [9.17, 15) is 9.50 Å². The zero-order chi connectivity index (χ0) is 13.2. The van der Waals surface area contributed by atoms with Crippen molar-refractivity contribution in [3.8, 4) is 0 Å². The van der Waals surface area contributed by atoms with Crippen molar-refractivity contribution in [1.29, 1.82) is 0 Å². The molecule has 0 saturated carbocycles. The van der Waals surface area contributed by atoms with Gasteiger partial charge in [0.1, 0.15) is 26.7 Å². The van der Waals surface area contributed by atoms with Crippen molar-refractivity contribution in [2.24, 2.45) is 0 Å². The van der Waals surface area contributed by atoms with Crippen LogP contribution in [0.15, 0.2) is 0 Å². The molecule has 100 valence electrons. The van der Waals surface area contributed by atoms with Crippen molar-refractivity contribution < 1.29 is 23.7 Å². The van der Waals surface area contributed by atoms with Crippen molar-refractivity contribution in [1.82, 2.24) is 0 Å². The first-order valence-electron chi connectivity index (χ1n) is 6.08. The smallest absolute Gasteiger partial charge is 0.261 e. The average molecular weight is 248 g/mol. The van der Waals surface area contributed by atoms with Crippen molar-refractivity contribution in [3.05, 3.63) is 0 Å². The molecule has 0 bridgehead atoms. The summed E-state index contributed by atoms with van der Waals surface area (Å²) in [5.41, 5.74) is 0. The van der Waals surface area contributed by atoms with Gasteiger partial charge in [0.05, 0.1) is 18.2 Å². The van der Waals surface area contributed by atoms with Gasteiger partial charge in [0.15, 0.2) is 0 Å². The third-order valence-corrected chi connectivity index (χ3v) is 2.63. The minimum Gasteiger partial charge on any atom is -0.388 e. The zero-order valence-corrected chi connectivity index (χ0v) is 11.1. The van der Waals surface area contributed by atoms with E-state index in [0.717, 1.165) is 0 Å². The van der Waals surface area contributed by atoms with Crippen LogP contribution in [0.25, 0.3) is 0 Å². The van der Waals surface area contributed by atoms with Gasteiger partial charge < -0.3 is 19.3 Å². The lowest BCUT2D eigenvalue weighted by Crippen LogP contribution is -2.46. The number of aliphatic hydroxyl groups excluding tert-OH is 1. The van der Waals surface area contributed by atoms with Crippen LogP contribution in [-0.2, 0) is 14.2 Å². The van der Waals surface area contributed by atoms with Crippen LogP contribution in [0.4, 0.5) is 4.39 Å². The second kappa shape index (κ2) is 5.65. The Bertz CT molecular complexity index is 252. The third-order valence-electron chi connectivity index (χ3n) is 2.63. The fourth-order valence-corrected chi connectivity index (χ4v) is 1.82. The van der Waals surface area contributed by atoms with E-state index in [0.29, 0.717) is 0 Å². The molecule has 1 heterocycles. The predicted octanol–water partition coefficient (Wildman–Crippen LogP) is 0.221. The standard InChI is InChI=1S/C11H22BFO4/c1-6(2)15-5-11(13)9(16-7(3)4)8(14)10(12)17-11/h6-10,14H,5,12H2,1-4H3/t8?,9?,10-,11?/m1/s1. The molecule has 0 amide bonds. The lowest BCUT2D eigenvalue weighted by Gasteiger charge is -2.29. The van der Waals surface area contributed by atoms with E-state index in [4.69, 9.17) is 14.2 Å². The molecule has 1 rings (SSSR count). The minimum atomic E-state index is -2.08. The molecule has 0 aromatic heterocycles. The van der Waals surface area contributed by atoms with Gasteiger partial charge in [0.2, 0.25) is 0 Å². The van der Waals surface area contributed by atoms with Gasteiger partial charge in [-0.1, -0.05) is 0 Å². The summed E-state index contributed by atoms with van der Waals surface area (Å²) in [5.74, 6) is -2.08. The minimum absolute atomic E-state index is 0.0982.